The summed E-state index contributed by atoms with van der Waals surface area (Å²) in [6.07, 6.45) is 2.34. The summed E-state index contributed by atoms with van der Waals surface area (Å²) in [7, 11) is -4.59. The number of fused-ring (bicyclic) bond motifs is 1. The predicted molar refractivity (Wildman–Crippen MR) is 128 cm³/mol. The van der Waals surface area contributed by atoms with Crippen LogP contribution in [-0.2, 0) is 25.8 Å². The number of carbonyl (C=O) groups excluding carboxylic acids is 1. The number of carboxylic acid groups (broad SMARTS) is 1. The Labute approximate surface area is 202 Å². The van der Waals surface area contributed by atoms with E-state index >= 15 is 0 Å². The summed E-state index contributed by atoms with van der Waals surface area (Å²) < 4.78 is 28.3. The lowest BCUT2D eigenvalue weighted by Gasteiger charge is -2.39. The number of likely N-dealkylation sites (tertiary alicyclic amines) is 1. The first-order chi connectivity index (χ1) is 16.7. The number of hydrogen-bond donors (Lipinski definition) is 2. The largest absolute Gasteiger partial charge is 0.480 e. The number of aromatic nitrogens is 1. The van der Waals surface area contributed by atoms with Crippen LogP contribution >= 0.6 is 0 Å². The molecule has 1 aromatic heterocycles. The van der Waals surface area contributed by atoms with E-state index in [9.17, 15) is 28.4 Å². The smallest absolute Gasteiger partial charge is 0.326 e. The summed E-state index contributed by atoms with van der Waals surface area (Å²) in [6, 6.07) is 14.9. The molecule has 2 heterocycles. The van der Waals surface area contributed by atoms with Crippen molar-refractivity contribution in [3.05, 3.63) is 71.9 Å². The first-order valence-electron chi connectivity index (χ1n) is 11.1. The quantitative estimate of drug-likeness (QED) is 0.531. The van der Waals surface area contributed by atoms with Gasteiger partial charge in [-0.05, 0) is 49.1 Å². The lowest BCUT2D eigenvalue weighted by molar-refractivity contribution is -0.153. The number of rotatable bonds is 6. The number of para-hydroxylation sites is 1. The number of hydrogen-bond acceptors (Lipinski definition) is 7. The van der Waals surface area contributed by atoms with Crippen LogP contribution in [-0.4, -0.2) is 52.7 Å². The van der Waals surface area contributed by atoms with Gasteiger partial charge in [0, 0.05) is 24.5 Å². The molecular formula is C25H24N4O5S. The van der Waals surface area contributed by atoms with E-state index < -0.39 is 39.0 Å². The average molecular weight is 493 g/mol. The molecule has 3 N–H and O–H groups in total. The minimum absolute atomic E-state index is 0.0797. The fraction of sp³-hybridized carbons (Fsp3) is 0.280. The van der Waals surface area contributed by atoms with Gasteiger partial charge in [0.1, 0.15) is 6.04 Å². The first kappa shape index (κ1) is 24.3. The molecule has 1 unspecified atom stereocenters. The third-order valence-electron chi connectivity index (χ3n) is 6.30. The van der Waals surface area contributed by atoms with E-state index in [0.29, 0.717) is 23.8 Å². The number of nitrogens with zero attached hydrogens (tertiary/aromatic N) is 3. The normalized spacial score (nSPS) is 17.9. The maximum absolute atomic E-state index is 14.2. The van der Waals surface area contributed by atoms with E-state index in [4.69, 9.17) is 5.73 Å². The van der Waals surface area contributed by atoms with Crippen molar-refractivity contribution in [2.45, 2.75) is 41.5 Å². The zero-order valence-electron chi connectivity index (χ0n) is 18.8. The highest BCUT2D eigenvalue weighted by atomic mass is 32.2. The van der Waals surface area contributed by atoms with Crippen molar-refractivity contribution in [1.29, 1.82) is 5.26 Å². The SMILES string of the molecule is N#Cc1cccc(C[C@](N)(C(=O)N2CCCCC2C(=O)O)S(=O)(=O)c2cccc3cccnc23)c1. The second kappa shape index (κ2) is 9.44. The van der Waals surface area contributed by atoms with Crippen LogP contribution in [0.1, 0.15) is 30.4 Å². The van der Waals surface area contributed by atoms with Crippen LogP contribution < -0.4 is 5.73 Å². The summed E-state index contributed by atoms with van der Waals surface area (Å²) in [6.45, 7) is 0.0797. The van der Waals surface area contributed by atoms with Crippen molar-refractivity contribution in [2.75, 3.05) is 6.54 Å². The Balaban J connectivity index is 1.90. The Morgan fingerprint density at radius 1 is 1.17 bits per heavy atom. The summed E-state index contributed by atoms with van der Waals surface area (Å²) in [5.41, 5.74) is 7.38. The summed E-state index contributed by atoms with van der Waals surface area (Å²) >= 11 is 0. The van der Waals surface area contributed by atoms with Crippen molar-refractivity contribution in [1.82, 2.24) is 9.88 Å². The Kier molecular flexibility index (Phi) is 6.56. The third kappa shape index (κ3) is 4.36. The van der Waals surface area contributed by atoms with E-state index in [1.54, 1.807) is 42.5 Å². The number of nitrogens with two attached hydrogens (primary N) is 1. The topological polar surface area (TPSA) is 154 Å². The fourth-order valence-corrected chi connectivity index (χ4v) is 6.28. The molecule has 1 amide bonds. The van der Waals surface area contributed by atoms with Gasteiger partial charge >= 0.3 is 5.97 Å². The van der Waals surface area contributed by atoms with Gasteiger partial charge in [0.2, 0.25) is 14.7 Å². The standard InChI is InChI=1S/C25H24N4O5S/c26-16-18-7-3-6-17(14-18)15-25(27,24(32)29-13-2-1-10-20(29)23(30)31)35(33,34)21-11-4-8-19-9-5-12-28-22(19)21/h3-9,11-12,14,20H,1-2,10,13,15,27H2,(H,30,31)/t20?,25-/m1/s1. The molecule has 10 heteroatoms. The molecule has 4 rings (SSSR count). The molecule has 0 radical (unpaired) electrons. The molecule has 1 aliphatic heterocycles. The summed E-state index contributed by atoms with van der Waals surface area (Å²) in [4.78, 5) is 28.4. The molecule has 35 heavy (non-hydrogen) atoms. The maximum atomic E-state index is 14.2. The van der Waals surface area contributed by atoms with Gasteiger partial charge in [0.05, 0.1) is 22.0 Å². The molecule has 2 atom stereocenters. The Morgan fingerprint density at radius 3 is 2.66 bits per heavy atom. The van der Waals surface area contributed by atoms with E-state index in [1.165, 1.54) is 18.3 Å². The third-order valence-corrected chi connectivity index (χ3v) is 8.48. The predicted octanol–water partition coefficient (Wildman–Crippen LogP) is 2.24. The molecule has 1 fully saturated rings. The number of benzene rings is 2. The van der Waals surface area contributed by atoms with E-state index in [-0.39, 0.29) is 28.9 Å². The van der Waals surface area contributed by atoms with Crippen molar-refractivity contribution >= 4 is 32.6 Å². The van der Waals surface area contributed by atoms with E-state index in [0.717, 1.165) is 4.90 Å². The van der Waals surface area contributed by atoms with Gasteiger partial charge in [-0.15, -0.1) is 0 Å². The molecule has 3 aromatic rings. The highest BCUT2D eigenvalue weighted by molar-refractivity contribution is 7.93. The van der Waals surface area contributed by atoms with Gasteiger partial charge in [-0.1, -0.05) is 30.3 Å². The minimum atomic E-state index is -4.59. The van der Waals surface area contributed by atoms with Crippen LogP contribution in [0.5, 0.6) is 0 Å². The van der Waals surface area contributed by atoms with Crippen LogP contribution in [0, 0.1) is 11.3 Å². The number of amides is 1. The Hall–Kier alpha value is -3.81. The summed E-state index contributed by atoms with van der Waals surface area (Å²) in [5.74, 6) is -2.20. The lowest BCUT2D eigenvalue weighted by atomic mass is 9.98. The van der Waals surface area contributed by atoms with E-state index in [2.05, 4.69) is 4.98 Å². The minimum Gasteiger partial charge on any atom is -0.480 e. The number of nitriles is 1. The van der Waals surface area contributed by atoms with Crippen molar-refractivity contribution in [3.63, 3.8) is 0 Å². The van der Waals surface area contributed by atoms with Gasteiger partial charge in [0.25, 0.3) is 5.91 Å². The molecule has 0 aliphatic carbocycles. The molecule has 2 aromatic carbocycles. The molecule has 1 saturated heterocycles. The lowest BCUT2D eigenvalue weighted by Crippen LogP contribution is -2.64. The number of carbonyl (C=O) groups is 2. The second-order valence-electron chi connectivity index (χ2n) is 8.56. The number of piperidine rings is 1. The molecule has 0 saturated carbocycles. The first-order valence-corrected chi connectivity index (χ1v) is 12.6. The second-order valence-corrected chi connectivity index (χ2v) is 10.7. The molecule has 9 nitrogen and oxygen atoms in total. The number of sulfone groups is 1. The van der Waals surface area contributed by atoms with Gasteiger partial charge < -0.3 is 15.7 Å². The van der Waals surface area contributed by atoms with Crippen LogP contribution in [0.2, 0.25) is 0 Å². The van der Waals surface area contributed by atoms with Crippen molar-refractivity contribution in [3.8, 4) is 6.07 Å². The number of pyridine rings is 1. The van der Waals surface area contributed by atoms with Crippen molar-refractivity contribution < 1.29 is 23.1 Å². The highest BCUT2D eigenvalue weighted by Gasteiger charge is 2.53. The molecule has 1 aliphatic rings. The molecular weight excluding hydrogens is 468 g/mol. The zero-order chi connectivity index (χ0) is 25.2. The van der Waals surface area contributed by atoms with Crippen LogP contribution in [0.3, 0.4) is 0 Å². The van der Waals surface area contributed by atoms with Crippen LogP contribution in [0.15, 0.2) is 65.7 Å². The van der Waals surface area contributed by atoms with Gasteiger partial charge in [-0.3, -0.25) is 9.78 Å². The number of carboxylic acids is 1. The van der Waals surface area contributed by atoms with E-state index in [1.807, 2.05) is 6.07 Å². The Morgan fingerprint density at radius 2 is 1.91 bits per heavy atom. The highest BCUT2D eigenvalue weighted by Crippen LogP contribution is 2.33. The monoisotopic (exact) mass is 492 g/mol. The molecule has 180 valence electrons. The summed E-state index contributed by atoms with van der Waals surface area (Å²) in [5, 5.41) is 19.5. The van der Waals surface area contributed by atoms with Crippen LogP contribution in [0.4, 0.5) is 0 Å². The number of aliphatic carboxylic acids is 1. The molecule has 0 bridgehead atoms. The van der Waals surface area contributed by atoms with Crippen LogP contribution in [0.25, 0.3) is 10.9 Å². The zero-order valence-corrected chi connectivity index (χ0v) is 19.6. The fourth-order valence-electron chi connectivity index (χ4n) is 4.50. The van der Waals surface area contributed by atoms with Gasteiger partial charge in [0.15, 0.2) is 0 Å². The molecule has 0 spiro atoms. The Bertz CT molecular complexity index is 1440. The van der Waals surface area contributed by atoms with Gasteiger partial charge in [-0.2, -0.15) is 5.26 Å². The van der Waals surface area contributed by atoms with Gasteiger partial charge in [-0.25, -0.2) is 13.2 Å². The van der Waals surface area contributed by atoms with Crippen molar-refractivity contribution in [2.24, 2.45) is 5.73 Å². The average Bonchev–Trinajstić information content (AvgIpc) is 2.87. The maximum Gasteiger partial charge on any atom is 0.326 e.